The maximum Gasteiger partial charge on any atom is 0.0527 e. The fourth-order valence-corrected chi connectivity index (χ4v) is 1.89. The van der Waals surface area contributed by atoms with Crippen LogP contribution in [0, 0.1) is 0 Å². The van der Waals surface area contributed by atoms with Crippen LogP contribution in [0.25, 0.3) is 0 Å². The molecule has 12 heavy (non-hydrogen) atoms. The first-order chi connectivity index (χ1) is 5.92. The summed E-state index contributed by atoms with van der Waals surface area (Å²) in [6, 6.07) is 0. The molecule has 1 N–H and O–H groups in total. The van der Waals surface area contributed by atoms with Gasteiger partial charge in [-0.2, -0.15) is 0 Å². The van der Waals surface area contributed by atoms with E-state index in [4.69, 9.17) is 12.2 Å². The molecular formula is C10H11NS. The summed E-state index contributed by atoms with van der Waals surface area (Å²) in [5.74, 6) is 0. The summed E-state index contributed by atoms with van der Waals surface area (Å²) in [5, 5.41) is 4.90. The first-order valence-electron chi connectivity index (χ1n) is 4.24. The molecule has 62 valence electrons. The highest BCUT2D eigenvalue weighted by molar-refractivity contribution is 7.79. The summed E-state index contributed by atoms with van der Waals surface area (Å²) < 4.78 is 0. The first kappa shape index (κ1) is 7.74. The van der Waals surface area contributed by atoms with Crippen LogP contribution >= 0.6 is 12.2 Å². The van der Waals surface area contributed by atoms with Gasteiger partial charge in [-0.1, -0.05) is 18.3 Å². The van der Waals surface area contributed by atoms with Crippen LogP contribution < -0.4 is 5.32 Å². The van der Waals surface area contributed by atoms with Crippen LogP contribution in [0.3, 0.4) is 0 Å². The van der Waals surface area contributed by atoms with E-state index in [-0.39, 0.29) is 0 Å². The van der Waals surface area contributed by atoms with Crippen molar-refractivity contribution in [3.05, 3.63) is 35.2 Å². The Morgan fingerprint density at radius 2 is 2.42 bits per heavy atom. The minimum atomic E-state index is 1.11. The molecule has 0 unspecified atom stereocenters. The van der Waals surface area contributed by atoms with E-state index in [9.17, 15) is 0 Å². The van der Waals surface area contributed by atoms with E-state index in [1.54, 1.807) is 5.37 Å². The van der Waals surface area contributed by atoms with Gasteiger partial charge in [0.15, 0.2) is 0 Å². The van der Waals surface area contributed by atoms with Crippen LogP contribution in [0.2, 0.25) is 0 Å². The normalized spacial score (nSPS) is 21.2. The topological polar surface area (TPSA) is 12.0 Å². The lowest BCUT2D eigenvalue weighted by atomic mass is 9.91. The Bertz CT molecular complexity index is 297. The third kappa shape index (κ3) is 1.23. The van der Waals surface area contributed by atoms with Crippen molar-refractivity contribution in [2.75, 3.05) is 0 Å². The summed E-state index contributed by atoms with van der Waals surface area (Å²) in [6.45, 7) is 0. The van der Waals surface area contributed by atoms with E-state index >= 15 is 0 Å². The molecule has 2 rings (SSSR count). The molecule has 1 nitrogen and oxygen atoms in total. The predicted molar refractivity (Wildman–Crippen MR) is 54.9 cm³/mol. The van der Waals surface area contributed by atoms with E-state index in [1.165, 1.54) is 24.0 Å². The van der Waals surface area contributed by atoms with Crippen LogP contribution in [0.1, 0.15) is 19.3 Å². The van der Waals surface area contributed by atoms with Gasteiger partial charge in [-0.05, 0) is 36.5 Å². The Balaban J connectivity index is 2.42. The molecule has 1 heterocycles. The second-order valence-corrected chi connectivity index (χ2v) is 3.28. The first-order valence-corrected chi connectivity index (χ1v) is 4.71. The van der Waals surface area contributed by atoms with E-state index in [0.29, 0.717) is 0 Å². The maximum absolute atomic E-state index is 4.93. The number of hydrogen-bond acceptors (Lipinski definition) is 2. The lowest BCUT2D eigenvalue weighted by Crippen LogP contribution is -2.15. The average molecular weight is 177 g/mol. The van der Waals surface area contributed by atoms with Crippen molar-refractivity contribution in [2.24, 2.45) is 0 Å². The number of allylic oxidation sites excluding steroid dienone is 5. The van der Waals surface area contributed by atoms with Gasteiger partial charge in [-0.15, -0.1) is 0 Å². The van der Waals surface area contributed by atoms with E-state index in [1.807, 2.05) is 6.20 Å². The van der Waals surface area contributed by atoms with Crippen LogP contribution in [0.5, 0.6) is 0 Å². The van der Waals surface area contributed by atoms with Crippen molar-refractivity contribution in [3.63, 3.8) is 0 Å². The van der Waals surface area contributed by atoms with E-state index in [2.05, 4.69) is 17.5 Å². The Morgan fingerprint density at radius 3 is 3.25 bits per heavy atom. The zero-order chi connectivity index (χ0) is 8.39. The minimum absolute atomic E-state index is 1.11. The Morgan fingerprint density at radius 1 is 1.50 bits per heavy atom. The molecular weight excluding hydrogens is 166 g/mol. The summed E-state index contributed by atoms with van der Waals surface area (Å²) in [7, 11) is 0. The molecule has 0 spiro atoms. The number of dihydropyridines is 1. The number of hydrogen-bond donors (Lipinski definition) is 1. The third-order valence-corrected chi connectivity index (χ3v) is 2.52. The SMILES string of the molecule is S=CC1=C2CCCC=C2C=CN1. The molecule has 1 aliphatic carbocycles. The highest BCUT2D eigenvalue weighted by Gasteiger charge is 2.13. The highest BCUT2D eigenvalue weighted by Crippen LogP contribution is 2.28. The lowest BCUT2D eigenvalue weighted by Gasteiger charge is -2.20. The van der Waals surface area contributed by atoms with Gasteiger partial charge >= 0.3 is 0 Å². The van der Waals surface area contributed by atoms with Gasteiger partial charge in [-0.3, -0.25) is 0 Å². The van der Waals surface area contributed by atoms with Crippen molar-refractivity contribution >= 4 is 17.6 Å². The average Bonchev–Trinajstić information content (AvgIpc) is 2.17. The molecule has 0 bridgehead atoms. The molecule has 0 aromatic rings. The quantitative estimate of drug-likeness (QED) is 0.617. The number of rotatable bonds is 1. The van der Waals surface area contributed by atoms with Gasteiger partial charge in [0.25, 0.3) is 0 Å². The molecule has 1 aliphatic heterocycles. The maximum atomic E-state index is 4.93. The van der Waals surface area contributed by atoms with Crippen LogP contribution in [0.15, 0.2) is 35.2 Å². The van der Waals surface area contributed by atoms with Gasteiger partial charge in [0, 0.05) is 11.6 Å². The van der Waals surface area contributed by atoms with Crippen molar-refractivity contribution in [3.8, 4) is 0 Å². The van der Waals surface area contributed by atoms with Gasteiger partial charge in [-0.25, -0.2) is 0 Å². The number of thiocarbonyl (C=S) groups is 1. The van der Waals surface area contributed by atoms with Gasteiger partial charge < -0.3 is 5.32 Å². The van der Waals surface area contributed by atoms with Crippen LogP contribution in [-0.4, -0.2) is 5.37 Å². The fourth-order valence-electron chi connectivity index (χ4n) is 1.68. The summed E-state index contributed by atoms with van der Waals surface area (Å²) >= 11 is 4.93. The monoisotopic (exact) mass is 177 g/mol. The molecule has 2 aliphatic rings. The third-order valence-electron chi connectivity index (χ3n) is 2.29. The second kappa shape index (κ2) is 3.23. The predicted octanol–water partition coefficient (Wildman–Crippen LogP) is 2.47. The van der Waals surface area contributed by atoms with Crippen molar-refractivity contribution in [2.45, 2.75) is 19.3 Å². The standard InChI is InChI=1S/C10H11NS/c12-7-10-9-4-2-1-3-8(9)5-6-11-10/h3,5-7,11H,1-2,4H2. The molecule has 0 aromatic carbocycles. The smallest absolute Gasteiger partial charge is 0.0527 e. The molecule has 0 saturated carbocycles. The summed E-state index contributed by atoms with van der Waals surface area (Å²) in [5.41, 5.74) is 3.85. The van der Waals surface area contributed by atoms with Crippen molar-refractivity contribution < 1.29 is 0 Å². The molecule has 0 aromatic heterocycles. The molecule has 0 fully saturated rings. The largest absolute Gasteiger partial charge is 0.361 e. The summed E-state index contributed by atoms with van der Waals surface area (Å²) in [6.07, 6.45) is 9.98. The zero-order valence-electron chi connectivity index (χ0n) is 6.84. The van der Waals surface area contributed by atoms with Gasteiger partial charge in [0.2, 0.25) is 0 Å². The van der Waals surface area contributed by atoms with Gasteiger partial charge in [0.05, 0.1) is 5.70 Å². The lowest BCUT2D eigenvalue weighted by molar-refractivity contribution is 0.792. The summed E-state index contributed by atoms with van der Waals surface area (Å²) in [4.78, 5) is 0. The molecule has 0 atom stereocenters. The Hall–Kier alpha value is -0.890. The zero-order valence-corrected chi connectivity index (χ0v) is 7.66. The highest BCUT2D eigenvalue weighted by atomic mass is 32.1. The number of nitrogens with one attached hydrogen (secondary N) is 1. The Kier molecular flexibility index (Phi) is 2.09. The van der Waals surface area contributed by atoms with Crippen molar-refractivity contribution in [1.82, 2.24) is 5.32 Å². The number of fused-ring (bicyclic) bond motifs is 1. The van der Waals surface area contributed by atoms with E-state index in [0.717, 1.165) is 12.1 Å². The van der Waals surface area contributed by atoms with Crippen LogP contribution in [0.4, 0.5) is 0 Å². The van der Waals surface area contributed by atoms with Crippen LogP contribution in [-0.2, 0) is 0 Å². The second-order valence-electron chi connectivity index (χ2n) is 3.04. The molecule has 0 saturated heterocycles. The van der Waals surface area contributed by atoms with Crippen molar-refractivity contribution in [1.29, 1.82) is 0 Å². The van der Waals surface area contributed by atoms with Gasteiger partial charge in [0.1, 0.15) is 0 Å². The Labute approximate surface area is 77.9 Å². The van der Waals surface area contributed by atoms with E-state index < -0.39 is 0 Å². The molecule has 0 amide bonds. The fraction of sp³-hybridized carbons (Fsp3) is 0.300. The minimum Gasteiger partial charge on any atom is -0.361 e. The molecule has 0 radical (unpaired) electrons. The molecule has 2 heteroatoms.